The predicted octanol–water partition coefficient (Wildman–Crippen LogP) is 5.90. The lowest BCUT2D eigenvalue weighted by Crippen LogP contribution is -2.13. The summed E-state index contributed by atoms with van der Waals surface area (Å²) in [6.07, 6.45) is 6.39. The molecule has 2 nitrogen and oxygen atoms in total. The summed E-state index contributed by atoms with van der Waals surface area (Å²) in [6.45, 7) is 12.5. The van der Waals surface area contributed by atoms with Gasteiger partial charge in [0.25, 0.3) is 0 Å². The Bertz CT molecular complexity index is 795. The molecule has 0 atom stereocenters. The molecule has 0 aliphatic heterocycles. The summed E-state index contributed by atoms with van der Waals surface area (Å²) < 4.78 is 5.62. The van der Waals surface area contributed by atoms with Crippen molar-refractivity contribution in [3.63, 3.8) is 0 Å². The van der Waals surface area contributed by atoms with E-state index in [4.69, 9.17) is 4.74 Å². The largest absolute Gasteiger partial charge is 0.494 e. The van der Waals surface area contributed by atoms with E-state index in [9.17, 15) is 4.79 Å². The molecule has 2 heteroatoms. The first-order valence-corrected chi connectivity index (χ1v) is 9.06. The van der Waals surface area contributed by atoms with Gasteiger partial charge in [0.1, 0.15) is 5.75 Å². The molecule has 2 rings (SSSR count). The first-order valence-electron chi connectivity index (χ1n) is 9.06. The number of ketones is 1. The fraction of sp³-hybridized carbons (Fsp3) is 0.292. The van der Waals surface area contributed by atoms with E-state index in [0.717, 1.165) is 17.7 Å². The molecule has 0 bridgehead atoms. The van der Waals surface area contributed by atoms with Crippen molar-refractivity contribution < 1.29 is 9.53 Å². The van der Waals surface area contributed by atoms with Crippen molar-refractivity contribution in [2.45, 2.75) is 39.5 Å². The number of carbonyl (C=O) groups excluding carboxylic acids is 1. The van der Waals surface area contributed by atoms with Crippen LogP contribution in [0.1, 0.15) is 54.7 Å². The molecule has 0 heterocycles. The van der Waals surface area contributed by atoms with Gasteiger partial charge in [0.2, 0.25) is 0 Å². The maximum absolute atomic E-state index is 12.0. The molecule has 0 radical (unpaired) electrons. The molecule has 0 spiro atoms. The molecular weight excluding hydrogens is 320 g/mol. The molecule has 0 saturated heterocycles. The van der Waals surface area contributed by atoms with Crippen molar-refractivity contribution in [3.8, 4) is 5.75 Å². The highest BCUT2D eigenvalue weighted by molar-refractivity contribution is 6.04. The summed E-state index contributed by atoms with van der Waals surface area (Å²) in [5.74, 6) is 0.636. The summed E-state index contributed by atoms with van der Waals surface area (Å²) in [4.78, 5) is 12.0. The smallest absolute Gasteiger partial charge is 0.185 e. The number of hydrogen-bond donors (Lipinski definition) is 0. The SMILES string of the molecule is C=CC(=O)c1cc(Cc2ccc(C(C)(C)C=CC)cc2)cc(OCC)c1. The Hall–Kier alpha value is -2.61. The van der Waals surface area contributed by atoms with Crippen LogP contribution in [0.5, 0.6) is 5.75 Å². The molecular formula is C24H28O2. The van der Waals surface area contributed by atoms with Gasteiger partial charge in [-0.3, -0.25) is 4.79 Å². The van der Waals surface area contributed by atoms with Crippen molar-refractivity contribution in [2.75, 3.05) is 6.61 Å². The molecule has 2 aromatic rings. The second kappa shape index (κ2) is 8.66. The van der Waals surface area contributed by atoms with E-state index in [1.807, 2.05) is 26.0 Å². The molecule has 0 aliphatic carbocycles. The van der Waals surface area contributed by atoms with Gasteiger partial charge in [-0.05, 0) is 61.2 Å². The van der Waals surface area contributed by atoms with Crippen molar-refractivity contribution in [2.24, 2.45) is 0 Å². The lowest BCUT2D eigenvalue weighted by molar-refractivity contribution is 0.104. The van der Waals surface area contributed by atoms with E-state index in [1.54, 1.807) is 6.07 Å². The summed E-state index contributed by atoms with van der Waals surface area (Å²) in [6, 6.07) is 14.4. The third kappa shape index (κ3) is 4.95. The first kappa shape index (κ1) is 19.7. The summed E-state index contributed by atoms with van der Waals surface area (Å²) >= 11 is 0. The number of hydrogen-bond acceptors (Lipinski definition) is 2. The normalized spacial score (nSPS) is 11.5. The van der Waals surface area contributed by atoms with Crippen LogP contribution in [0.3, 0.4) is 0 Å². The summed E-state index contributed by atoms with van der Waals surface area (Å²) in [5.41, 5.74) is 4.18. The van der Waals surface area contributed by atoms with Crippen LogP contribution >= 0.6 is 0 Å². The highest BCUT2D eigenvalue weighted by Gasteiger charge is 2.16. The Labute approximate surface area is 157 Å². The van der Waals surface area contributed by atoms with Crippen molar-refractivity contribution in [1.29, 1.82) is 0 Å². The van der Waals surface area contributed by atoms with Crippen molar-refractivity contribution in [3.05, 3.63) is 89.5 Å². The highest BCUT2D eigenvalue weighted by Crippen LogP contribution is 2.26. The van der Waals surface area contributed by atoms with Crippen LogP contribution in [0, 0.1) is 0 Å². The molecule has 0 N–H and O–H groups in total. The van der Waals surface area contributed by atoms with Gasteiger partial charge >= 0.3 is 0 Å². The van der Waals surface area contributed by atoms with Gasteiger partial charge in [-0.1, -0.05) is 56.8 Å². The fourth-order valence-electron chi connectivity index (χ4n) is 3.07. The Morgan fingerprint density at radius 1 is 1.12 bits per heavy atom. The quantitative estimate of drug-likeness (QED) is 0.337. The minimum absolute atomic E-state index is 0.0196. The summed E-state index contributed by atoms with van der Waals surface area (Å²) in [5, 5.41) is 0. The Morgan fingerprint density at radius 3 is 2.38 bits per heavy atom. The number of allylic oxidation sites excluding steroid dienone is 3. The average Bonchev–Trinajstić information content (AvgIpc) is 2.61. The van der Waals surface area contributed by atoms with E-state index >= 15 is 0 Å². The van der Waals surface area contributed by atoms with E-state index in [0.29, 0.717) is 12.2 Å². The van der Waals surface area contributed by atoms with Crippen LogP contribution in [0.2, 0.25) is 0 Å². The lowest BCUT2D eigenvalue weighted by Gasteiger charge is -2.21. The van der Waals surface area contributed by atoms with Crippen LogP contribution in [0.25, 0.3) is 0 Å². The van der Waals surface area contributed by atoms with Crippen molar-refractivity contribution in [1.82, 2.24) is 0 Å². The average molecular weight is 348 g/mol. The van der Waals surface area contributed by atoms with Crippen LogP contribution in [0.4, 0.5) is 0 Å². The van der Waals surface area contributed by atoms with Crippen LogP contribution in [-0.2, 0) is 11.8 Å². The predicted molar refractivity (Wildman–Crippen MR) is 109 cm³/mol. The van der Waals surface area contributed by atoms with E-state index in [-0.39, 0.29) is 11.2 Å². The number of benzene rings is 2. The first-order chi connectivity index (χ1) is 12.4. The van der Waals surface area contributed by atoms with Crippen LogP contribution in [-0.4, -0.2) is 12.4 Å². The third-order valence-electron chi connectivity index (χ3n) is 4.44. The minimum Gasteiger partial charge on any atom is -0.494 e. The topological polar surface area (TPSA) is 26.3 Å². The van der Waals surface area contributed by atoms with Gasteiger partial charge in [0.05, 0.1) is 6.61 Å². The Kier molecular flexibility index (Phi) is 6.57. The number of ether oxygens (including phenoxy) is 1. The Morgan fingerprint density at radius 2 is 1.81 bits per heavy atom. The van der Waals surface area contributed by atoms with Gasteiger partial charge in [-0.2, -0.15) is 0 Å². The van der Waals surface area contributed by atoms with E-state index in [2.05, 4.69) is 56.8 Å². The standard InChI is InChI=1S/C24H28O2/c1-6-13-24(4,5)21-11-9-18(10-12-21)14-19-15-20(23(25)7-2)17-22(16-19)26-8-3/h6-7,9-13,15-17H,2,8,14H2,1,3-5H3. The monoisotopic (exact) mass is 348 g/mol. The molecule has 26 heavy (non-hydrogen) atoms. The van der Waals surface area contributed by atoms with Crippen molar-refractivity contribution >= 4 is 5.78 Å². The van der Waals surface area contributed by atoms with E-state index < -0.39 is 0 Å². The molecule has 0 amide bonds. The maximum atomic E-state index is 12.0. The van der Waals surface area contributed by atoms with Crippen LogP contribution < -0.4 is 4.74 Å². The molecule has 0 aliphatic rings. The van der Waals surface area contributed by atoms with E-state index in [1.165, 1.54) is 17.2 Å². The third-order valence-corrected chi connectivity index (χ3v) is 4.44. The molecule has 0 fully saturated rings. The van der Waals surface area contributed by atoms with Crippen LogP contribution in [0.15, 0.2) is 67.3 Å². The minimum atomic E-state index is -0.0868. The number of rotatable bonds is 8. The second-order valence-corrected chi connectivity index (χ2v) is 6.96. The van der Waals surface area contributed by atoms with Gasteiger partial charge in [-0.15, -0.1) is 0 Å². The molecule has 2 aromatic carbocycles. The molecule has 0 aromatic heterocycles. The fourth-order valence-corrected chi connectivity index (χ4v) is 3.07. The molecule has 0 unspecified atom stereocenters. The Balaban J connectivity index is 2.28. The molecule has 136 valence electrons. The maximum Gasteiger partial charge on any atom is 0.185 e. The zero-order valence-electron chi connectivity index (χ0n) is 16.2. The van der Waals surface area contributed by atoms with Gasteiger partial charge in [0, 0.05) is 11.0 Å². The molecule has 0 saturated carbocycles. The summed E-state index contributed by atoms with van der Waals surface area (Å²) in [7, 11) is 0. The second-order valence-electron chi connectivity index (χ2n) is 6.96. The lowest BCUT2D eigenvalue weighted by atomic mass is 9.83. The van der Waals surface area contributed by atoms with Gasteiger partial charge < -0.3 is 4.74 Å². The van der Waals surface area contributed by atoms with Gasteiger partial charge in [-0.25, -0.2) is 0 Å². The highest BCUT2D eigenvalue weighted by atomic mass is 16.5. The zero-order chi connectivity index (χ0) is 19.2. The zero-order valence-corrected chi connectivity index (χ0v) is 16.2. The number of carbonyl (C=O) groups is 1. The van der Waals surface area contributed by atoms with Gasteiger partial charge in [0.15, 0.2) is 5.78 Å².